The topological polar surface area (TPSA) is 31.2 Å². The molecule has 0 fully saturated rings. The Morgan fingerprint density at radius 1 is 1.50 bits per heavy atom. The third-order valence-electron chi connectivity index (χ3n) is 2.27. The fourth-order valence-corrected chi connectivity index (χ4v) is 3.81. The third kappa shape index (κ3) is 3.49. The van der Waals surface area contributed by atoms with Crippen LogP contribution in [0.2, 0.25) is 0 Å². The van der Waals surface area contributed by atoms with Crippen LogP contribution in [0.5, 0.6) is 0 Å². The average Bonchev–Trinajstić information content (AvgIpc) is 2.71. The van der Waals surface area contributed by atoms with Crippen LogP contribution in [0.3, 0.4) is 0 Å². The number of rotatable bonds is 3. The van der Waals surface area contributed by atoms with Crippen LogP contribution in [-0.4, -0.2) is 24.0 Å². The maximum absolute atomic E-state index is 10.9. The highest BCUT2D eigenvalue weighted by Gasteiger charge is 2.13. The van der Waals surface area contributed by atoms with Gasteiger partial charge in [0.05, 0.1) is 9.99 Å². The Hall–Kier alpha value is -0.0500. The molecule has 0 saturated carbocycles. The maximum atomic E-state index is 10.9. The smallest absolute Gasteiger partial charge is 0.168 e. The number of carbonyl (C=O) groups excluding carboxylic acids is 1. The van der Waals surface area contributed by atoms with Crippen molar-refractivity contribution in [3.05, 3.63) is 34.4 Å². The molecule has 3 nitrogen and oxygen atoms in total. The fourth-order valence-electron chi connectivity index (χ4n) is 1.37. The maximum Gasteiger partial charge on any atom is 0.168 e. The minimum Gasteiger partial charge on any atom is -0.385 e. The number of hydrogen-bond acceptors (Lipinski definition) is 3. The van der Waals surface area contributed by atoms with E-state index in [1.807, 2.05) is 35.2 Å². The first-order chi connectivity index (χ1) is 8.71. The lowest BCUT2D eigenvalue weighted by Crippen LogP contribution is -1.89. The van der Waals surface area contributed by atoms with E-state index in [1.54, 1.807) is 7.11 Å². The molecular weight excluding hydrogens is 429 g/mol. The van der Waals surface area contributed by atoms with E-state index in [9.17, 15) is 4.79 Å². The number of hydrogen-bond donors (Lipinski definition) is 0. The van der Waals surface area contributed by atoms with Crippen LogP contribution in [0.15, 0.2) is 28.7 Å². The number of nitrogens with zero attached hydrogens (tertiary/aromatic N) is 1. The Bertz CT molecular complexity index is 528. The van der Waals surface area contributed by atoms with Gasteiger partial charge in [0.15, 0.2) is 6.29 Å². The van der Waals surface area contributed by atoms with E-state index < -0.39 is 0 Å². The van der Waals surface area contributed by atoms with Crippen molar-refractivity contribution in [3.8, 4) is 0 Å². The normalized spacial score (nSPS) is 10.0. The SMILES string of the molecule is CCOC.O=Cc1c(Br)c2ccccc2n1SI. The molecule has 0 aliphatic carbocycles. The molecule has 0 atom stereocenters. The van der Waals surface area contributed by atoms with Gasteiger partial charge in [-0.05, 0) is 28.9 Å². The third-order valence-corrected chi connectivity index (χ3v) is 4.82. The van der Waals surface area contributed by atoms with E-state index in [1.165, 1.54) is 9.12 Å². The van der Waals surface area contributed by atoms with Gasteiger partial charge in [0.2, 0.25) is 0 Å². The van der Waals surface area contributed by atoms with Crippen molar-refractivity contribution in [2.45, 2.75) is 6.92 Å². The summed E-state index contributed by atoms with van der Waals surface area (Å²) in [6.07, 6.45) is 0.871. The van der Waals surface area contributed by atoms with Crippen molar-refractivity contribution < 1.29 is 9.53 Å². The predicted molar refractivity (Wildman–Crippen MR) is 89.6 cm³/mol. The molecule has 0 aliphatic rings. The number of ether oxygens (including phenoxy) is 1. The lowest BCUT2D eigenvalue weighted by Gasteiger charge is -1.98. The molecule has 0 amide bonds. The number of carbonyl (C=O) groups is 1. The van der Waals surface area contributed by atoms with Gasteiger partial charge in [0, 0.05) is 49.4 Å². The molecule has 2 rings (SSSR count). The van der Waals surface area contributed by atoms with Gasteiger partial charge in [-0.15, -0.1) is 0 Å². The molecule has 1 aromatic carbocycles. The van der Waals surface area contributed by atoms with E-state index >= 15 is 0 Å². The van der Waals surface area contributed by atoms with Crippen molar-refractivity contribution in [2.75, 3.05) is 13.7 Å². The Labute approximate surface area is 131 Å². The Kier molecular flexibility index (Phi) is 7.28. The predicted octanol–water partition coefficient (Wildman–Crippen LogP) is 4.72. The van der Waals surface area contributed by atoms with E-state index in [2.05, 4.69) is 41.9 Å². The number of aromatic nitrogens is 1. The van der Waals surface area contributed by atoms with Crippen LogP contribution >= 0.6 is 46.3 Å². The number of methoxy groups -OCH3 is 1. The van der Waals surface area contributed by atoms with Gasteiger partial charge in [-0.2, -0.15) is 0 Å². The molecule has 18 heavy (non-hydrogen) atoms. The Morgan fingerprint density at radius 2 is 2.11 bits per heavy atom. The van der Waals surface area contributed by atoms with Gasteiger partial charge < -0.3 is 4.74 Å². The highest BCUT2D eigenvalue weighted by Crippen LogP contribution is 2.34. The summed E-state index contributed by atoms with van der Waals surface area (Å²) in [6.45, 7) is 2.78. The van der Waals surface area contributed by atoms with Crippen molar-refractivity contribution in [1.82, 2.24) is 3.97 Å². The standard InChI is InChI=1S/C9H5BrINOS.C3H8O/c10-9-6-3-1-2-4-7(6)12(14-11)8(9)5-13;1-3-4-2/h1-5H;3H2,1-2H3. The first kappa shape index (κ1) is 16.0. The first-order valence-corrected chi connectivity index (χ1v) is 9.34. The van der Waals surface area contributed by atoms with Crippen molar-refractivity contribution in [1.29, 1.82) is 0 Å². The molecule has 0 unspecified atom stereocenters. The number of para-hydroxylation sites is 1. The van der Waals surface area contributed by atoms with E-state index in [-0.39, 0.29) is 0 Å². The van der Waals surface area contributed by atoms with Gasteiger partial charge in [-0.25, -0.2) is 0 Å². The number of aldehydes is 1. The molecule has 0 aliphatic heterocycles. The minimum absolute atomic E-state index is 0.672. The summed E-state index contributed by atoms with van der Waals surface area (Å²) in [6, 6.07) is 7.92. The van der Waals surface area contributed by atoms with Crippen LogP contribution < -0.4 is 0 Å². The van der Waals surface area contributed by atoms with Crippen LogP contribution in [0.1, 0.15) is 17.4 Å². The molecule has 1 aromatic heterocycles. The van der Waals surface area contributed by atoms with E-state index in [0.29, 0.717) is 5.69 Å². The summed E-state index contributed by atoms with van der Waals surface area (Å²) in [5.41, 5.74) is 1.73. The summed E-state index contributed by atoms with van der Waals surface area (Å²) in [7, 11) is 3.18. The summed E-state index contributed by atoms with van der Waals surface area (Å²) in [4.78, 5) is 10.9. The molecule has 2 aromatic rings. The van der Waals surface area contributed by atoms with Gasteiger partial charge in [0.25, 0.3) is 0 Å². The van der Waals surface area contributed by atoms with Crippen LogP contribution in [-0.2, 0) is 4.74 Å². The number of halogens is 2. The van der Waals surface area contributed by atoms with Crippen LogP contribution in [0.25, 0.3) is 10.9 Å². The summed E-state index contributed by atoms with van der Waals surface area (Å²) in [5, 5.41) is 1.07. The van der Waals surface area contributed by atoms with Crippen molar-refractivity contribution in [2.24, 2.45) is 0 Å². The Morgan fingerprint density at radius 3 is 2.61 bits per heavy atom. The Balaban J connectivity index is 0.000000357. The highest BCUT2D eigenvalue weighted by molar-refractivity contribution is 14.2. The minimum atomic E-state index is 0.672. The molecule has 0 N–H and O–H groups in total. The molecule has 98 valence electrons. The first-order valence-electron chi connectivity index (χ1n) is 5.23. The zero-order valence-corrected chi connectivity index (χ0v) is 14.6. The molecule has 0 bridgehead atoms. The molecule has 1 heterocycles. The molecule has 0 saturated heterocycles. The second-order valence-corrected chi connectivity index (χ2v) is 5.75. The number of fused-ring (bicyclic) bond motifs is 1. The zero-order chi connectivity index (χ0) is 13.5. The van der Waals surface area contributed by atoms with Gasteiger partial charge in [-0.3, -0.25) is 8.77 Å². The second kappa shape index (κ2) is 8.19. The molecule has 0 radical (unpaired) electrons. The van der Waals surface area contributed by atoms with Gasteiger partial charge in [-0.1, -0.05) is 18.2 Å². The zero-order valence-electron chi connectivity index (χ0n) is 10.0. The molecule has 6 heteroatoms. The lowest BCUT2D eigenvalue weighted by atomic mass is 10.2. The van der Waals surface area contributed by atoms with Gasteiger partial charge >= 0.3 is 0 Å². The monoisotopic (exact) mass is 441 g/mol. The lowest BCUT2D eigenvalue weighted by molar-refractivity contribution is 0.111. The molecular formula is C12H13BrINO2S. The van der Waals surface area contributed by atoms with Crippen molar-refractivity contribution >= 4 is 63.4 Å². The molecule has 0 spiro atoms. The quantitative estimate of drug-likeness (QED) is 0.510. The second-order valence-electron chi connectivity index (χ2n) is 3.27. The van der Waals surface area contributed by atoms with E-state index in [4.69, 9.17) is 0 Å². The number of benzene rings is 1. The largest absolute Gasteiger partial charge is 0.385 e. The summed E-state index contributed by atoms with van der Waals surface area (Å²) < 4.78 is 7.32. The summed E-state index contributed by atoms with van der Waals surface area (Å²) in [5.74, 6) is 0. The van der Waals surface area contributed by atoms with Crippen LogP contribution in [0.4, 0.5) is 0 Å². The highest BCUT2D eigenvalue weighted by atomic mass is 127. The van der Waals surface area contributed by atoms with Gasteiger partial charge in [0.1, 0.15) is 5.69 Å². The van der Waals surface area contributed by atoms with Crippen LogP contribution in [0, 0.1) is 0 Å². The summed E-state index contributed by atoms with van der Waals surface area (Å²) >= 11 is 5.60. The van der Waals surface area contributed by atoms with E-state index in [0.717, 1.165) is 28.3 Å². The fraction of sp³-hybridized carbons (Fsp3) is 0.250. The van der Waals surface area contributed by atoms with Crippen molar-refractivity contribution in [3.63, 3.8) is 0 Å². The average molecular weight is 442 g/mol.